The lowest BCUT2D eigenvalue weighted by atomic mass is 10.1. The van der Waals surface area contributed by atoms with Crippen molar-refractivity contribution in [3.05, 3.63) is 39.9 Å². The van der Waals surface area contributed by atoms with E-state index in [1.54, 1.807) is 18.3 Å². The predicted molar refractivity (Wildman–Crippen MR) is 85.1 cm³/mol. The van der Waals surface area contributed by atoms with Gasteiger partial charge in [-0.3, -0.25) is 14.6 Å². The number of aromatic nitrogens is 2. The summed E-state index contributed by atoms with van der Waals surface area (Å²) in [5.41, 5.74) is 1.27. The highest BCUT2D eigenvalue weighted by Crippen LogP contribution is 2.13. The fraction of sp³-hybridized carbons (Fsp3) is 0.438. The lowest BCUT2D eigenvalue weighted by Gasteiger charge is -2.14. The SMILES string of the molecule is Cc1nccc2[nH]c(=O)c(C(=O)NCCN3CCCC3)cc12. The number of carbonyl (C=O) groups excluding carboxylic acids is 1. The largest absolute Gasteiger partial charge is 0.351 e. The summed E-state index contributed by atoms with van der Waals surface area (Å²) in [7, 11) is 0. The fourth-order valence-corrected chi connectivity index (χ4v) is 2.87. The summed E-state index contributed by atoms with van der Waals surface area (Å²) >= 11 is 0. The van der Waals surface area contributed by atoms with Crippen LogP contribution < -0.4 is 10.9 Å². The lowest BCUT2D eigenvalue weighted by molar-refractivity contribution is 0.0948. The molecule has 6 heteroatoms. The molecule has 116 valence electrons. The molecule has 1 aliphatic heterocycles. The second-order valence-corrected chi connectivity index (χ2v) is 5.67. The van der Waals surface area contributed by atoms with Crippen LogP contribution in [0.3, 0.4) is 0 Å². The molecular formula is C16H20N4O2. The third kappa shape index (κ3) is 3.01. The zero-order valence-electron chi connectivity index (χ0n) is 12.7. The highest BCUT2D eigenvalue weighted by molar-refractivity contribution is 5.97. The van der Waals surface area contributed by atoms with Crippen LogP contribution in [-0.4, -0.2) is 47.0 Å². The normalized spacial score (nSPS) is 15.3. The highest BCUT2D eigenvalue weighted by atomic mass is 16.2. The molecule has 0 bridgehead atoms. The van der Waals surface area contributed by atoms with Gasteiger partial charge >= 0.3 is 0 Å². The van der Waals surface area contributed by atoms with E-state index in [1.165, 1.54) is 12.8 Å². The Morgan fingerprint density at radius 3 is 2.95 bits per heavy atom. The van der Waals surface area contributed by atoms with E-state index in [9.17, 15) is 9.59 Å². The van der Waals surface area contributed by atoms with Gasteiger partial charge in [-0.05, 0) is 45.0 Å². The summed E-state index contributed by atoms with van der Waals surface area (Å²) in [6.07, 6.45) is 4.10. The van der Waals surface area contributed by atoms with Crippen molar-refractivity contribution >= 4 is 16.8 Å². The van der Waals surface area contributed by atoms with E-state index < -0.39 is 0 Å². The molecule has 0 spiro atoms. The number of likely N-dealkylation sites (tertiary alicyclic amines) is 1. The van der Waals surface area contributed by atoms with Crippen LogP contribution in [-0.2, 0) is 0 Å². The van der Waals surface area contributed by atoms with Gasteiger partial charge in [0.1, 0.15) is 5.56 Å². The summed E-state index contributed by atoms with van der Waals surface area (Å²) < 4.78 is 0. The van der Waals surface area contributed by atoms with Gasteiger partial charge in [0.2, 0.25) is 0 Å². The Hall–Kier alpha value is -2.21. The number of nitrogens with one attached hydrogen (secondary N) is 2. The lowest BCUT2D eigenvalue weighted by Crippen LogP contribution is -2.35. The number of amides is 1. The molecule has 3 rings (SSSR count). The van der Waals surface area contributed by atoms with Gasteiger partial charge in [-0.2, -0.15) is 0 Å². The van der Waals surface area contributed by atoms with Crippen LogP contribution in [0.15, 0.2) is 23.1 Å². The number of nitrogens with zero attached hydrogens (tertiary/aromatic N) is 2. The van der Waals surface area contributed by atoms with Crippen molar-refractivity contribution in [3.63, 3.8) is 0 Å². The molecule has 0 unspecified atom stereocenters. The molecule has 6 nitrogen and oxygen atoms in total. The molecule has 0 saturated carbocycles. The van der Waals surface area contributed by atoms with Gasteiger partial charge in [0.25, 0.3) is 11.5 Å². The van der Waals surface area contributed by atoms with Gasteiger partial charge in [0, 0.05) is 30.4 Å². The summed E-state index contributed by atoms with van der Waals surface area (Å²) in [5, 5.41) is 3.63. The maximum Gasteiger partial charge on any atom is 0.261 e. The van der Waals surface area contributed by atoms with Gasteiger partial charge in [-0.25, -0.2) is 0 Å². The number of carbonyl (C=O) groups is 1. The van der Waals surface area contributed by atoms with Crippen molar-refractivity contribution in [2.24, 2.45) is 0 Å². The maximum absolute atomic E-state index is 12.2. The molecular weight excluding hydrogens is 280 g/mol. The molecule has 2 aromatic heterocycles. The van der Waals surface area contributed by atoms with Gasteiger partial charge in [0.15, 0.2) is 0 Å². The van der Waals surface area contributed by atoms with Gasteiger partial charge in [0.05, 0.1) is 5.52 Å². The number of rotatable bonds is 4. The first-order valence-electron chi connectivity index (χ1n) is 7.64. The van der Waals surface area contributed by atoms with E-state index in [4.69, 9.17) is 0 Å². The molecule has 0 atom stereocenters. The third-order valence-electron chi connectivity index (χ3n) is 4.13. The summed E-state index contributed by atoms with van der Waals surface area (Å²) in [6.45, 7) is 5.43. The van der Waals surface area contributed by atoms with Crippen LogP contribution in [0.1, 0.15) is 28.9 Å². The van der Waals surface area contributed by atoms with Crippen LogP contribution in [0, 0.1) is 6.92 Å². The van der Waals surface area contributed by atoms with Crippen LogP contribution >= 0.6 is 0 Å². The number of fused-ring (bicyclic) bond motifs is 1. The van der Waals surface area contributed by atoms with E-state index in [-0.39, 0.29) is 17.0 Å². The average molecular weight is 300 g/mol. The van der Waals surface area contributed by atoms with Crippen LogP contribution in [0.2, 0.25) is 0 Å². The zero-order valence-corrected chi connectivity index (χ0v) is 12.7. The first kappa shape index (κ1) is 14.7. The van der Waals surface area contributed by atoms with E-state index in [1.807, 2.05) is 6.92 Å². The molecule has 1 saturated heterocycles. The first-order chi connectivity index (χ1) is 10.6. The predicted octanol–water partition coefficient (Wildman–Crippen LogP) is 1.06. The second kappa shape index (κ2) is 6.27. The summed E-state index contributed by atoms with van der Waals surface area (Å²) in [6, 6.07) is 3.36. The molecule has 0 aliphatic carbocycles. The Labute approximate surface area is 128 Å². The van der Waals surface area contributed by atoms with E-state index in [2.05, 4.69) is 20.2 Å². The monoisotopic (exact) mass is 300 g/mol. The number of hydrogen-bond donors (Lipinski definition) is 2. The Balaban J connectivity index is 1.74. The minimum Gasteiger partial charge on any atom is -0.351 e. The third-order valence-corrected chi connectivity index (χ3v) is 4.13. The maximum atomic E-state index is 12.2. The quantitative estimate of drug-likeness (QED) is 0.885. The van der Waals surface area contributed by atoms with Gasteiger partial charge in [-0.15, -0.1) is 0 Å². The minimum atomic E-state index is -0.364. The number of aromatic amines is 1. The van der Waals surface area contributed by atoms with Crippen molar-refractivity contribution in [2.75, 3.05) is 26.2 Å². The molecule has 0 aromatic carbocycles. The second-order valence-electron chi connectivity index (χ2n) is 5.67. The highest BCUT2D eigenvalue weighted by Gasteiger charge is 2.14. The van der Waals surface area contributed by atoms with Crippen LogP contribution in [0.25, 0.3) is 10.9 Å². The average Bonchev–Trinajstić information content (AvgIpc) is 3.00. The van der Waals surface area contributed by atoms with Crippen molar-refractivity contribution in [1.29, 1.82) is 0 Å². The zero-order chi connectivity index (χ0) is 15.5. The smallest absolute Gasteiger partial charge is 0.261 e. The summed E-state index contributed by atoms with van der Waals surface area (Å²) in [4.78, 5) is 33.5. The molecule has 3 heterocycles. The number of hydrogen-bond acceptors (Lipinski definition) is 4. The van der Waals surface area contributed by atoms with Crippen LogP contribution in [0.4, 0.5) is 0 Å². The number of pyridine rings is 2. The Kier molecular flexibility index (Phi) is 4.20. The molecule has 1 amide bonds. The molecule has 22 heavy (non-hydrogen) atoms. The first-order valence-corrected chi connectivity index (χ1v) is 7.64. The topological polar surface area (TPSA) is 78.1 Å². The van der Waals surface area contributed by atoms with Crippen molar-refractivity contribution in [3.8, 4) is 0 Å². The van der Waals surface area contributed by atoms with E-state index in [0.717, 1.165) is 30.7 Å². The van der Waals surface area contributed by atoms with Crippen molar-refractivity contribution in [2.45, 2.75) is 19.8 Å². The standard InChI is InChI=1S/C16H20N4O2/c1-11-12-10-13(16(22)19-14(12)4-5-17-11)15(21)18-6-9-20-7-2-3-8-20/h4-5,10H,2-3,6-9H2,1H3,(H,18,21)(H,19,22). The molecule has 1 aliphatic rings. The molecule has 0 radical (unpaired) electrons. The van der Waals surface area contributed by atoms with Crippen LogP contribution in [0.5, 0.6) is 0 Å². The van der Waals surface area contributed by atoms with E-state index >= 15 is 0 Å². The Morgan fingerprint density at radius 2 is 2.18 bits per heavy atom. The van der Waals surface area contributed by atoms with E-state index in [0.29, 0.717) is 12.1 Å². The van der Waals surface area contributed by atoms with Gasteiger partial charge < -0.3 is 15.2 Å². The van der Waals surface area contributed by atoms with Gasteiger partial charge in [-0.1, -0.05) is 0 Å². The fourth-order valence-electron chi connectivity index (χ4n) is 2.87. The number of aryl methyl sites for hydroxylation is 1. The Morgan fingerprint density at radius 1 is 1.41 bits per heavy atom. The minimum absolute atomic E-state index is 0.144. The number of H-pyrrole nitrogens is 1. The molecule has 2 aromatic rings. The summed E-state index contributed by atoms with van der Waals surface area (Å²) in [5.74, 6) is -0.328. The van der Waals surface area contributed by atoms with Crippen molar-refractivity contribution < 1.29 is 4.79 Å². The molecule has 1 fully saturated rings. The van der Waals surface area contributed by atoms with Crippen molar-refractivity contribution in [1.82, 2.24) is 20.2 Å². The Bertz CT molecular complexity index is 747. The molecule has 2 N–H and O–H groups in total.